The van der Waals surface area contributed by atoms with Crippen molar-refractivity contribution in [2.45, 2.75) is 25.2 Å². The molecule has 0 aromatic heterocycles. The number of carbonyl (C=O) groups excluding carboxylic acids is 1. The molecule has 138 valence electrons. The maximum absolute atomic E-state index is 13.7. The number of ether oxygens (including phenoxy) is 1. The molecule has 0 aliphatic carbocycles. The minimum Gasteiger partial charge on any atom is -0.590 e. The predicted molar refractivity (Wildman–Crippen MR) is 100 cm³/mol. The van der Waals surface area contributed by atoms with Gasteiger partial charge in [0.15, 0.2) is 11.6 Å². The third kappa shape index (κ3) is 5.12. The molecule has 0 radical (unpaired) electrons. The lowest BCUT2D eigenvalue weighted by molar-refractivity contribution is -0.147. The molecule has 0 amide bonds. The molecule has 0 saturated carbocycles. The first kappa shape index (κ1) is 20.5. The van der Waals surface area contributed by atoms with Gasteiger partial charge in [0.1, 0.15) is 18.0 Å². The van der Waals surface area contributed by atoms with Crippen LogP contribution >= 0.6 is 15.9 Å². The first-order chi connectivity index (χ1) is 12.2. The summed E-state index contributed by atoms with van der Waals surface area (Å²) in [5.41, 5.74) is 0.608. The molecule has 0 saturated heterocycles. The number of carbonyl (C=O) groups is 1. The zero-order valence-corrected chi connectivity index (χ0v) is 16.4. The normalized spacial score (nSPS) is 13.0. The number of esters is 1. The summed E-state index contributed by atoms with van der Waals surface area (Å²) in [6, 6.07) is 11.3. The monoisotopic (exact) mass is 443 g/mol. The minimum absolute atomic E-state index is 0.0372. The number of hydrogen-bond acceptors (Lipinski definition) is 4. The number of rotatable bonds is 6. The summed E-state index contributed by atoms with van der Waals surface area (Å²) in [6.45, 7) is 2.85. The second-order valence-electron chi connectivity index (χ2n) is 5.85. The lowest BCUT2D eigenvalue weighted by Gasteiger charge is -2.21. The largest absolute Gasteiger partial charge is 0.590 e. The molecule has 0 heterocycles. The highest BCUT2D eigenvalue weighted by Crippen LogP contribution is 2.23. The molecular weight excluding hydrogens is 428 g/mol. The lowest BCUT2D eigenvalue weighted by Crippen LogP contribution is -2.40. The van der Waals surface area contributed by atoms with E-state index in [1.165, 1.54) is 19.9 Å². The maximum atomic E-state index is 13.7. The van der Waals surface area contributed by atoms with Crippen molar-refractivity contribution >= 4 is 39.5 Å². The third-order valence-corrected chi connectivity index (χ3v) is 5.24. The van der Waals surface area contributed by atoms with E-state index in [-0.39, 0.29) is 12.2 Å². The average Bonchev–Trinajstić information content (AvgIpc) is 2.61. The smallest absolute Gasteiger partial charge is 0.365 e. The van der Waals surface area contributed by atoms with Crippen LogP contribution in [0.2, 0.25) is 0 Å². The van der Waals surface area contributed by atoms with E-state index in [0.717, 1.165) is 17.8 Å². The molecule has 26 heavy (non-hydrogen) atoms. The molecule has 0 fully saturated rings. The Morgan fingerprint density at radius 2 is 1.96 bits per heavy atom. The fourth-order valence-electron chi connectivity index (χ4n) is 1.87. The van der Waals surface area contributed by atoms with Crippen LogP contribution in [0.3, 0.4) is 0 Å². The van der Waals surface area contributed by atoms with Gasteiger partial charge in [-0.2, -0.15) is 0 Å². The zero-order valence-electron chi connectivity index (χ0n) is 14.0. The third-order valence-electron chi connectivity index (χ3n) is 3.45. The Kier molecular flexibility index (Phi) is 6.91. The van der Waals surface area contributed by atoms with E-state index in [0.29, 0.717) is 4.47 Å². The van der Waals surface area contributed by atoms with Crippen molar-refractivity contribution in [2.75, 3.05) is 0 Å². The minimum atomic E-state index is -2.05. The van der Waals surface area contributed by atoms with Crippen LogP contribution in [-0.4, -0.2) is 21.5 Å². The molecule has 4 nitrogen and oxygen atoms in total. The number of nitrogens with zero attached hydrogens (tertiary/aromatic N) is 1. The van der Waals surface area contributed by atoms with E-state index in [1.54, 1.807) is 12.1 Å². The van der Waals surface area contributed by atoms with Crippen LogP contribution in [-0.2, 0) is 27.5 Å². The van der Waals surface area contributed by atoms with Crippen LogP contribution in [0.15, 0.2) is 51.3 Å². The van der Waals surface area contributed by atoms with E-state index >= 15 is 0 Å². The first-order valence-electron chi connectivity index (χ1n) is 7.53. The number of halogens is 3. The Hall–Kier alpha value is -1.77. The van der Waals surface area contributed by atoms with Gasteiger partial charge in [0.25, 0.3) is 0 Å². The molecule has 0 unspecified atom stereocenters. The molecule has 2 aromatic rings. The Morgan fingerprint density at radius 3 is 2.62 bits per heavy atom. The molecule has 0 N–H and O–H groups in total. The van der Waals surface area contributed by atoms with E-state index in [4.69, 9.17) is 4.74 Å². The summed E-state index contributed by atoms with van der Waals surface area (Å²) >= 11 is 0.991. The summed E-state index contributed by atoms with van der Waals surface area (Å²) in [5, 5.41) is 0. The lowest BCUT2D eigenvalue weighted by atomic mass is 10.2. The van der Waals surface area contributed by atoms with Gasteiger partial charge in [-0.25, -0.2) is 13.6 Å². The molecular formula is C18H16BrF2NO3S. The van der Waals surface area contributed by atoms with Gasteiger partial charge in [-0.05, 0) is 31.5 Å². The zero-order chi connectivity index (χ0) is 19.3. The van der Waals surface area contributed by atoms with Crippen molar-refractivity contribution in [3.8, 4) is 0 Å². The van der Waals surface area contributed by atoms with Crippen molar-refractivity contribution in [3.63, 3.8) is 0 Å². The Labute approximate surface area is 161 Å². The molecule has 0 bridgehead atoms. The Balaban J connectivity index is 2.06. The van der Waals surface area contributed by atoms with Crippen LogP contribution in [0.4, 0.5) is 8.78 Å². The Bertz CT molecular complexity index is 816. The second kappa shape index (κ2) is 8.75. The molecule has 1 atom stereocenters. The number of hydrogen-bond donors (Lipinski definition) is 0. The molecule has 8 heteroatoms. The van der Waals surface area contributed by atoms with Gasteiger partial charge >= 0.3 is 5.97 Å². The van der Waals surface area contributed by atoms with Gasteiger partial charge in [-0.15, -0.1) is 0 Å². The fraction of sp³-hybridized carbons (Fsp3) is 0.222. The van der Waals surface area contributed by atoms with Crippen LogP contribution in [0.5, 0.6) is 0 Å². The summed E-state index contributed by atoms with van der Waals surface area (Å²) in [6.07, 6.45) is 0.936. The predicted octanol–water partition coefficient (Wildman–Crippen LogP) is 4.33. The second-order valence-corrected chi connectivity index (χ2v) is 8.49. The van der Waals surface area contributed by atoms with Crippen molar-refractivity contribution < 1.29 is 22.9 Å². The van der Waals surface area contributed by atoms with Crippen LogP contribution in [0.25, 0.3) is 0 Å². The van der Waals surface area contributed by atoms with E-state index in [9.17, 15) is 18.1 Å². The summed E-state index contributed by atoms with van der Waals surface area (Å²) < 4.78 is 47.2. The van der Waals surface area contributed by atoms with Gasteiger partial charge < -0.3 is 9.29 Å². The van der Waals surface area contributed by atoms with Crippen LogP contribution in [0.1, 0.15) is 25.0 Å². The van der Waals surface area contributed by atoms with Gasteiger partial charge in [-0.3, -0.25) is 0 Å². The molecule has 0 spiro atoms. The fourth-order valence-corrected chi connectivity index (χ4v) is 3.00. The van der Waals surface area contributed by atoms with Crippen molar-refractivity contribution in [1.82, 2.24) is 0 Å². The summed E-state index contributed by atoms with van der Waals surface area (Å²) in [7, 11) is 0. The van der Waals surface area contributed by atoms with Crippen molar-refractivity contribution in [2.24, 2.45) is 4.40 Å². The SMILES string of the molecule is CC(C)(C(=O)OCc1ccccc1)[S@@+]([O-])/N=C/c1cc(Br)cc(F)c1F. The van der Waals surface area contributed by atoms with Crippen LogP contribution in [0, 0.1) is 11.6 Å². The average molecular weight is 444 g/mol. The Morgan fingerprint density at radius 1 is 1.31 bits per heavy atom. The van der Waals surface area contributed by atoms with E-state index < -0.39 is 33.7 Å². The van der Waals surface area contributed by atoms with E-state index in [2.05, 4.69) is 20.3 Å². The molecule has 0 aliphatic heterocycles. The van der Waals surface area contributed by atoms with Gasteiger partial charge in [0.2, 0.25) is 4.75 Å². The van der Waals surface area contributed by atoms with Crippen LogP contribution < -0.4 is 0 Å². The van der Waals surface area contributed by atoms with Crippen molar-refractivity contribution in [3.05, 3.63) is 69.7 Å². The summed E-state index contributed by atoms with van der Waals surface area (Å²) in [5.74, 6) is -2.88. The first-order valence-corrected chi connectivity index (χ1v) is 9.43. The van der Waals surface area contributed by atoms with E-state index in [1.807, 2.05) is 18.2 Å². The summed E-state index contributed by atoms with van der Waals surface area (Å²) in [4.78, 5) is 12.2. The highest BCUT2D eigenvalue weighted by atomic mass is 79.9. The van der Waals surface area contributed by atoms with Gasteiger partial charge in [0.05, 0.1) is 6.21 Å². The molecule has 2 aromatic carbocycles. The highest BCUT2D eigenvalue weighted by Gasteiger charge is 2.43. The highest BCUT2D eigenvalue weighted by molar-refractivity contribution is 9.10. The number of benzene rings is 2. The van der Waals surface area contributed by atoms with Gasteiger partial charge in [0, 0.05) is 10.0 Å². The van der Waals surface area contributed by atoms with Crippen molar-refractivity contribution in [1.29, 1.82) is 0 Å². The molecule has 2 rings (SSSR count). The maximum Gasteiger partial charge on any atom is 0.365 e. The molecule has 0 aliphatic rings. The van der Waals surface area contributed by atoms with Gasteiger partial charge in [-0.1, -0.05) is 50.7 Å². The standard InChI is InChI=1S/C18H16BrF2NO3S/c1-18(2,17(23)25-11-12-6-4-3-5-7-12)26(24)22-10-13-8-14(19)9-15(20)16(13)21/h3-10H,11H2,1-2H3/b22-10+/t26-/m1/s1. The quantitative estimate of drug-likeness (QED) is 0.288. The topological polar surface area (TPSA) is 61.7 Å².